The minimum Gasteiger partial charge on any atom is -0.271 e. The molecule has 3 atom stereocenters. The molecule has 0 aliphatic heterocycles. The van der Waals surface area contributed by atoms with Crippen LogP contribution < -0.4 is 0 Å². The molecular formula is C17H28Cl2N2. The summed E-state index contributed by atoms with van der Waals surface area (Å²) in [5.41, 5.74) is 2.31. The van der Waals surface area contributed by atoms with E-state index in [-0.39, 0.29) is 10.8 Å². The van der Waals surface area contributed by atoms with Gasteiger partial charge in [0.25, 0.3) is 0 Å². The Kier molecular flexibility index (Phi) is 5.31. The van der Waals surface area contributed by atoms with Gasteiger partial charge in [-0.15, -0.1) is 11.6 Å². The van der Waals surface area contributed by atoms with E-state index in [2.05, 4.69) is 32.8 Å². The van der Waals surface area contributed by atoms with Crippen molar-refractivity contribution in [3.63, 3.8) is 0 Å². The molecule has 3 unspecified atom stereocenters. The summed E-state index contributed by atoms with van der Waals surface area (Å²) in [4.78, 5) is 0. The van der Waals surface area contributed by atoms with E-state index < -0.39 is 0 Å². The van der Waals surface area contributed by atoms with Crippen molar-refractivity contribution < 1.29 is 0 Å². The molecule has 1 aliphatic carbocycles. The molecule has 0 amide bonds. The summed E-state index contributed by atoms with van der Waals surface area (Å²) in [6, 6.07) is 0. The van der Waals surface area contributed by atoms with Crippen LogP contribution in [0.3, 0.4) is 0 Å². The summed E-state index contributed by atoms with van der Waals surface area (Å²) in [7, 11) is 2.00. The van der Waals surface area contributed by atoms with Gasteiger partial charge in [-0.2, -0.15) is 5.10 Å². The summed E-state index contributed by atoms with van der Waals surface area (Å²) >= 11 is 13.2. The van der Waals surface area contributed by atoms with Gasteiger partial charge in [-0.05, 0) is 42.9 Å². The molecule has 2 rings (SSSR count). The molecule has 4 heteroatoms. The van der Waals surface area contributed by atoms with Crippen molar-refractivity contribution in [1.82, 2.24) is 9.78 Å². The largest absolute Gasteiger partial charge is 0.271 e. The maximum Gasteiger partial charge on any atom is 0.0849 e. The lowest BCUT2D eigenvalue weighted by Gasteiger charge is -2.42. The van der Waals surface area contributed by atoms with Gasteiger partial charge in [0.05, 0.1) is 16.4 Å². The summed E-state index contributed by atoms with van der Waals surface area (Å²) in [6.45, 7) is 9.07. The standard InChI is InChI=1S/C17H28Cl2N2/c1-6-14-16(19)15(21(5)20-14)10-17(3,4)12-8-7-11(2)9-13(12)18/h11-13H,6-10H2,1-5H3. The Labute approximate surface area is 139 Å². The molecule has 0 radical (unpaired) electrons. The van der Waals surface area contributed by atoms with Crippen molar-refractivity contribution in [2.75, 3.05) is 0 Å². The fraction of sp³-hybridized carbons (Fsp3) is 0.824. The van der Waals surface area contributed by atoms with E-state index in [1.165, 1.54) is 12.8 Å². The molecule has 120 valence electrons. The van der Waals surface area contributed by atoms with Gasteiger partial charge in [0.1, 0.15) is 0 Å². The van der Waals surface area contributed by atoms with Crippen molar-refractivity contribution in [2.24, 2.45) is 24.3 Å². The Bertz CT molecular complexity index is 493. The molecule has 2 nitrogen and oxygen atoms in total. The van der Waals surface area contributed by atoms with Crippen LogP contribution in [-0.4, -0.2) is 15.2 Å². The third-order valence-electron chi connectivity index (χ3n) is 5.16. The van der Waals surface area contributed by atoms with Gasteiger partial charge in [-0.1, -0.05) is 45.7 Å². The normalized spacial score (nSPS) is 27.1. The highest BCUT2D eigenvalue weighted by molar-refractivity contribution is 6.31. The summed E-state index contributed by atoms with van der Waals surface area (Å²) in [6.07, 6.45) is 5.47. The highest BCUT2D eigenvalue weighted by atomic mass is 35.5. The van der Waals surface area contributed by atoms with Gasteiger partial charge in [-0.3, -0.25) is 4.68 Å². The van der Waals surface area contributed by atoms with E-state index >= 15 is 0 Å². The number of aromatic nitrogens is 2. The third-order valence-corrected chi connectivity index (χ3v) is 6.08. The zero-order valence-electron chi connectivity index (χ0n) is 13.9. The maximum atomic E-state index is 6.68. The first-order valence-electron chi connectivity index (χ1n) is 8.10. The van der Waals surface area contributed by atoms with Crippen LogP contribution in [0.5, 0.6) is 0 Å². The van der Waals surface area contributed by atoms with Crippen LogP contribution in [0.1, 0.15) is 58.3 Å². The van der Waals surface area contributed by atoms with Crippen molar-refractivity contribution in [1.29, 1.82) is 0 Å². The zero-order chi connectivity index (χ0) is 15.8. The molecule has 1 aliphatic rings. The number of hydrogen-bond donors (Lipinski definition) is 0. The molecule has 0 aromatic carbocycles. The molecule has 1 heterocycles. The summed E-state index contributed by atoms with van der Waals surface area (Å²) < 4.78 is 1.96. The molecule has 1 fully saturated rings. The van der Waals surface area contributed by atoms with Crippen molar-refractivity contribution in [3.05, 3.63) is 16.4 Å². The van der Waals surface area contributed by atoms with Crippen LogP contribution >= 0.6 is 23.2 Å². The predicted molar refractivity (Wildman–Crippen MR) is 91.2 cm³/mol. The number of alkyl halides is 1. The molecule has 0 bridgehead atoms. The Morgan fingerprint density at radius 2 is 2.00 bits per heavy atom. The molecule has 1 aromatic rings. The van der Waals surface area contributed by atoms with Gasteiger partial charge >= 0.3 is 0 Å². The Morgan fingerprint density at radius 3 is 2.52 bits per heavy atom. The van der Waals surface area contributed by atoms with Crippen molar-refractivity contribution >= 4 is 23.2 Å². The fourth-order valence-electron chi connectivity index (χ4n) is 3.77. The Morgan fingerprint density at radius 1 is 1.33 bits per heavy atom. The number of hydrogen-bond acceptors (Lipinski definition) is 1. The number of aryl methyl sites for hydroxylation is 2. The lowest BCUT2D eigenvalue weighted by atomic mass is 9.67. The molecule has 0 saturated heterocycles. The first kappa shape index (κ1) is 17.1. The molecule has 0 spiro atoms. The lowest BCUT2D eigenvalue weighted by molar-refractivity contribution is 0.139. The second kappa shape index (κ2) is 6.50. The van der Waals surface area contributed by atoms with Gasteiger partial charge in [0.2, 0.25) is 0 Å². The van der Waals surface area contributed by atoms with E-state index in [0.717, 1.165) is 41.6 Å². The molecule has 1 aromatic heterocycles. The summed E-state index contributed by atoms with van der Waals surface area (Å²) in [5.74, 6) is 1.30. The van der Waals surface area contributed by atoms with Crippen LogP contribution in [-0.2, 0) is 19.9 Å². The highest BCUT2D eigenvalue weighted by Gasteiger charge is 2.39. The van der Waals surface area contributed by atoms with Crippen LogP contribution in [0.2, 0.25) is 5.02 Å². The minimum absolute atomic E-state index is 0.148. The lowest BCUT2D eigenvalue weighted by Crippen LogP contribution is -2.37. The molecular weight excluding hydrogens is 303 g/mol. The molecule has 1 saturated carbocycles. The van der Waals surface area contributed by atoms with Crippen LogP contribution in [0.25, 0.3) is 0 Å². The predicted octanol–water partition coefficient (Wildman–Crippen LogP) is 5.25. The van der Waals surface area contributed by atoms with Crippen LogP contribution in [0.15, 0.2) is 0 Å². The average molecular weight is 331 g/mol. The Balaban J connectivity index is 2.19. The monoisotopic (exact) mass is 330 g/mol. The second-order valence-electron chi connectivity index (χ2n) is 7.39. The van der Waals surface area contributed by atoms with E-state index in [4.69, 9.17) is 23.2 Å². The van der Waals surface area contributed by atoms with E-state index in [9.17, 15) is 0 Å². The number of nitrogens with zero attached hydrogens (tertiary/aromatic N) is 2. The first-order chi connectivity index (χ1) is 9.76. The number of rotatable bonds is 4. The van der Waals surface area contributed by atoms with E-state index in [1.807, 2.05) is 11.7 Å². The molecule has 21 heavy (non-hydrogen) atoms. The average Bonchev–Trinajstić information content (AvgIpc) is 2.65. The third kappa shape index (κ3) is 3.59. The van der Waals surface area contributed by atoms with Crippen LogP contribution in [0, 0.1) is 17.3 Å². The molecule has 0 N–H and O–H groups in total. The highest BCUT2D eigenvalue weighted by Crippen LogP contribution is 2.45. The van der Waals surface area contributed by atoms with Gasteiger partial charge < -0.3 is 0 Å². The van der Waals surface area contributed by atoms with E-state index in [1.54, 1.807) is 0 Å². The summed E-state index contributed by atoms with van der Waals surface area (Å²) in [5, 5.41) is 5.67. The zero-order valence-corrected chi connectivity index (χ0v) is 15.4. The van der Waals surface area contributed by atoms with Gasteiger partial charge in [0, 0.05) is 12.4 Å². The van der Waals surface area contributed by atoms with Crippen molar-refractivity contribution in [2.45, 2.75) is 65.2 Å². The van der Waals surface area contributed by atoms with Gasteiger partial charge in [-0.25, -0.2) is 0 Å². The topological polar surface area (TPSA) is 17.8 Å². The second-order valence-corrected chi connectivity index (χ2v) is 8.33. The van der Waals surface area contributed by atoms with E-state index in [0.29, 0.717) is 5.92 Å². The fourth-order valence-corrected chi connectivity index (χ4v) is 4.90. The first-order valence-corrected chi connectivity index (χ1v) is 8.92. The van der Waals surface area contributed by atoms with Gasteiger partial charge in [0.15, 0.2) is 0 Å². The Hall–Kier alpha value is -0.210. The smallest absolute Gasteiger partial charge is 0.0849 e. The quantitative estimate of drug-likeness (QED) is 0.689. The number of halogens is 2. The van der Waals surface area contributed by atoms with Crippen LogP contribution in [0.4, 0.5) is 0 Å². The maximum absolute atomic E-state index is 6.68. The van der Waals surface area contributed by atoms with Crippen molar-refractivity contribution in [3.8, 4) is 0 Å². The SMILES string of the molecule is CCc1nn(C)c(CC(C)(C)C2CCC(C)CC2Cl)c1Cl. The minimum atomic E-state index is 0.148.